The lowest BCUT2D eigenvalue weighted by Gasteiger charge is -2.30. The van der Waals surface area contributed by atoms with Crippen molar-refractivity contribution in [2.75, 3.05) is 33.3 Å². The average Bonchev–Trinajstić information content (AvgIpc) is 2.93. The molecule has 1 heterocycles. The Morgan fingerprint density at radius 3 is 2.46 bits per heavy atom. The standard InChI is InChI=1S/C22H32N2O4/c1-6-23(7-2)12-13-24-20(16-10-8-9-11-18(16)28-5)19(21(26)22(24)27)17(25)14-15(3)4/h8-11,15,20,26H,6-7,12-14H2,1-5H3. The zero-order valence-corrected chi connectivity index (χ0v) is 17.6. The molecule has 1 unspecified atom stereocenters. The normalized spacial score (nSPS) is 17.2. The minimum atomic E-state index is -0.634. The zero-order chi connectivity index (χ0) is 20.8. The second kappa shape index (κ2) is 9.73. The summed E-state index contributed by atoms with van der Waals surface area (Å²) >= 11 is 0. The molecular weight excluding hydrogens is 356 g/mol. The number of ether oxygens (including phenoxy) is 1. The molecule has 0 bridgehead atoms. The number of carbonyl (C=O) groups excluding carboxylic acids is 2. The van der Waals surface area contributed by atoms with Crippen LogP contribution in [-0.2, 0) is 9.59 Å². The summed E-state index contributed by atoms with van der Waals surface area (Å²) < 4.78 is 5.49. The lowest BCUT2D eigenvalue weighted by molar-refractivity contribution is -0.129. The third-order valence-corrected chi connectivity index (χ3v) is 5.18. The van der Waals surface area contributed by atoms with Crippen LogP contribution in [0.3, 0.4) is 0 Å². The van der Waals surface area contributed by atoms with Gasteiger partial charge in [-0.25, -0.2) is 0 Å². The van der Waals surface area contributed by atoms with E-state index >= 15 is 0 Å². The first-order chi connectivity index (χ1) is 13.3. The molecule has 1 aromatic rings. The van der Waals surface area contributed by atoms with E-state index in [4.69, 9.17) is 4.74 Å². The molecule has 1 atom stereocenters. The molecule has 1 amide bonds. The number of hydrogen-bond acceptors (Lipinski definition) is 5. The van der Waals surface area contributed by atoms with Gasteiger partial charge in [-0.15, -0.1) is 0 Å². The maximum absolute atomic E-state index is 12.9. The molecule has 2 rings (SSSR count). The van der Waals surface area contributed by atoms with Gasteiger partial charge in [0.15, 0.2) is 11.5 Å². The minimum Gasteiger partial charge on any atom is -0.503 e. The van der Waals surface area contributed by atoms with E-state index in [0.29, 0.717) is 24.4 Å². The third-order valence-electron chi connectivity index (χ3n) is 5.18. The fourth-order valence-corrected chi connectivity index (χ4v) is 3.65. The van der Waals surface area contributed by atoms with E-state index in [-0.39, 0.29) is 23.7 Å². The largest absolute Gasteiger partial charge is 0.503 e. The summed E-state index contributed by atoms with van der Waals surface area (Å²) in [5.74, 6) is -0.387. The Kier molecular flexibility index (Phi) is 7.63. The van der Waals surface area contributed by atoms with Crippen LogP contribution in [0.4, 0.5) is 0 Å². The van der Waals surface area contributed by atoms with Crippen LogP contribution < -0.4 is 4.74 Å². The van der Waals surface area contributed by atoms with Crippen molar-refractivity contribution < 1.29 is 19.4 Å². The van der Waals surface area contributed by atoms with E-state index in [9.17, 15) is 14.7 Å². The quantitative estimate of drug-likeness (QED) is 0.666. The van der Waals surface area contributed by atoms with Gasteiger partial charge in [0.25, 0.3) is 5.91 Å². The third kappa shape index (κ3) is 4.55. The molecule has 0 spiro atoms. The number of para-hydroxylation sites is 1. The Balaban J connectivity index is 2.47. The van der Waals surface area contributed by atoms with Gasteiger partial charge in [0.1, 0.15) is 5.75 Å². The van der Waals surface area contributed by atoms with Gasteiger partial charge in [-0.05, 0) is 25.1 Å². The first-order valence-corrected chi connectivity index (χ1v) is 9.98. The number of carbonyl (C=O) groups is 2. The molecule has 0 radical (unpaired) electrons. The number of Topliss-reactive ketones (excluding diaryl/α,β-unsaturated/α-hetero) is 1. The van der Waals surface area contributed by atoms with Crippen molar-refractivity contribution in [2.45, 2.75) is 40.2 Å². The number of methoxy groups -OCH3 is 1. The summed E-state index contributed by atoms with van der Waals surface area (Å²) in [5, 5.41) is 10.6. The molecule has 1 aliphatic rings. The van der Waals surface area contributed by atoms with Gasteiger partial charge in [-0.3, -0.25) is 9.59 Å². The summed E-state index contributed by atoms with van der Waals surface area (Å²) in [6, 6.07) is 6.72. The molecule has 154 valence electrons. The maximum Gasteiger partial charge on any atom is 0.290 e. The molecule has 0 fully saturated rings. The van der Waals surface area contributed by atoms with Crippen LogP contribution in [0, 0.1) is 5.92 Å². The van der Waals surface area contributed by atoms with Gasteiger partial charge in [-0.1, -0.05) is 45.9 Å². The topological polar surface area (TPSA) is 70.1 Å². The molecule has 1 aromatic carbocycles. The monoisotopic (exact) mass is 388 g/mol. The highest BCUT2D eigenvalue weighted by molar-refractivity contribution is 6.09. The second-order valence-corrected chi connectivity index (χ2v) is 7.45. The number of likely N-dealkylation sites (N-methyl/N-ethyl adjacent to an activating group) is 1. The van der Waals surface area contributed by atoms with Gasteiger partial charge in [0.05, 0.1) is 18.7 Å². The summed E-state index contributed by atoms with van der Waals surface area (Å²) in [6.07, 6.45) is 0.280. The van der Waals surface area contributed by atoms with E-state index in [0.717, 1.165) is 13.1 Å². The number of aliphatic hydroxyl groups excluding tert-OH is 1. The SMILES string of the molecule is CCN(CC)CCN1C(=O)C(O)=C(C(=O)CC(C)C)C1c1ccccc1OC. The molecule has 0 saturated carbocycles. The van der Waals surface area contributed by atoms with E-state index in [1.807, 2.05) is 38.1 Å². The highest BCUT2D eigenvalue weighted by atomic mass is 16.5. The molecule has 6 heteroatoms. The molecule has 0 aliphatic carbocycles. The number of hydrogen-bond donors (Lipinski definition) is 1. The van der Waals surface area contributed by atoms with Crippen molar-refractivity contribution >= 4 is 11.7 Å². The number of aliphatic hydroxyl groups is 1. The summed E-state index contributed by atoms with van der Waals surface area (Å²) in [7, 11) is 1.56. The van der Waals surface area contributed by atoms with Crippen LogP contribution in [0.25, 0.3) is 0 Å². The number of amides is 1. The van der Waals surface area contributed by atoms with Crippen molar-refractivity contribution in [3.8, 4) is 5.75 Å². The van der Waals surface area contributed by atoms with Crippen LogP contribution in [0.15, 0.2) is 35.6 Å². The van der Waals surface area contributed by atoms with Crippen LogP contribution in [0.1, 0.15) is 45.7 Å². The molecule has 6 nitrogen and oxygen atoms in total. The van der Waals surface area contributed by atoms with Crippen molar-refractivity contribution in [1.29, 1.82) is 0 Å². The first kappa shape index (κ1) is 22.0. The molecule has 0 saturated heterocycles. The van der Waals surface area contributed by atoms with E-state index in [2.05, 4.69) is 18.7 Å². The molecule has 0 aromatic heterocycles. The van der Waals surface area contributed by atoms with Gasteiger partial charge in [-0.2, -0.15) is 0 Å². The number of benzene rings is 1. The predicted molar refractivity (Wildman–Crippen MR) is 109 cm³/mol. The smallest absolute Gasteiger partial charge is 0.290 e. The van der Waals surface area contributed by atoms with Gasteiger partial charge < -0.3 is 19.6 Å². The number of nitrogens with zero attached hydrogens (tertiary/aromatic N) is 2. The molecule has 1 N–H and O–H groups in total. The summed E-state index contributed by atoms with van der Waals surface area (Å²) in [4.78, 5) is 29.6. The molecule has 28 heavy (non-hydrogen) atoms. The second-order valence-electron chi connectivity index (χ2n) is 7.45. The Hall–Kier alpha value is -2.34. The fraction of sp³-hybridized carbons (Fsp3) is 0.545. The Bertz CT molecular complexity index is 738. The maximum atomic E-state index is 12.9. The average molecular weight is 389 g/mol. The van der Waals surface area contributed by atoms with Crippen LogP contribution in [-0.4, -0.2) is 59.9 Å². The Morgan fingerprint density at radius 2 is 1.89 bits per heavy atom. The highest BCUT2D eigenvalue weighted by Crippen LogP contribution is 2.41. The summed E-state index contributed by atoms with van der Waals surface area (Å²) in [6.45, 7) is 10.9. The lowest BCUT2D eigenvalue weighted by Crippen LogP contribution is -2.38. The van der Waals surface area contributed by atoms with Crippen molar-refractivity contribution in [2.24, 2.45) is 5.92 Å². The summed E-state index contributed by atoms with van der Waals surface area (Å²) in [5.41, 5.74) is 0.900. The van der Waals surface area contributed by atoms with Crippen molar-refractivity contribution in [1.82, 2.24) is 9.80 Å². The van der Waals surface area contributed by atoms with Gasteiger partial charge in [0.2, 0.25) is 0 Å². The first-order valence-electron chi connectivity index (χ1n) is 9.98. The van der Waals surface area contributed by atoms with E-state index < -0.39 is 17.7 Å². The van der Waals surface area contributed by atoms with E-state index in [1.165, 1.54) is 0 Å². The Labute approximate surface area is 167 Å². The number of ketones is 1. The van der Waals surface area contributed by atoms with Crippen molar-refractivity contribution in [3.05, 3.63) is 41.2 Å². The highest BCUT2D eigenvalue weighted by Gasteiger charge is 2.44. The van der Waals surface area contributed by atoms with Crippen LogP contribution in [0.5, 0.6) is 5.75 Å². The van der Waals surface area contributed by atoms with Crippen LogP contribution >= 0.6 is 0 Å². The van der Waals surface area contributed by atoms with E-state index in [1.54, 1.807) is 12.0 Å². The number of rotatable bonds is 10. The van der Waals surface area contributed by atoms with Crippen molar-refractivity contribution in [3.63, 3.8) is 0 Å². The van der Waals surface area contributed by atoms with Crippen LogP contribution in [0.2, 0.25) is 0 Å². The minimum absolute atomic E-state index is 0.131. The Morgan fingerprint density at radius 1 is 1.25 bits per heavy atom. The van der Waals surface area contributed by atoms with Gasteiger partial charge >= 0.3 is 0 Å². The fourth-order valence-electron chi connectivity index (χ4n) is 3.65. The molecule has 1 aliphatic heterocycles. The lowest BCUT2D eigenvalue weighted by atomic mass is 9.91. The molecular formula is C22H32N2O4. The van der Waals surface area contributed by atoms with Gasteiger partial charge in [0, 0.05) is 25.1 Å². The predicted octanol–water partition coefficient (Wildman–Crippen LogP) is 3.35. The zero-order valence-electron chi connectivity index (χ0n) is 17.6.